The molecule has 0 aliphatic carbocycles. The first-order valence-corrected chi connectivity index (χ1v) is 13.6. The number of carbonyl (C=O) groups is 2. The van der Waals surface area contributed by atoms with Gasteiger partial charge < -0.3 is 30.4 Å². The van der Waals surface area contributed by atoms with Crippen LogP contribution in [0.3, 0.4) is 0 Å². The standard InChI is InChI=1S/C30H28ClF3N4O4/c31-25-15-19(5-7-23(25)29(40)38-9-11-41-12-10-38)18-6-8-27(42-30(32,33)34)24(14-18)28(39)37-21(16-35)13-20-17-36-26-4-2-1-3-22(20)26/h1-8,14-15,17,21,36H,9-13,16,35H2,(H,37,39). The molecule has 1 unspecified atom stereocenters. The van der Waals surface area contributed by atoms with E-state index in [0.29, 0.717) is 49.4 Å². The summed E-state index contributed by atoms with van der Waals surface area (Å²) in [4.78, 5) is 31.1. The number of nitrogens with one attached hydrogen (secondary N) is 2. The van der Waals surface area contributed by atoms with E-state index >= 15 is 0 Å². The third-order valence-electron chi connectivity index (χ3n) is 7.04. The normalized spacial score (nSPS) is 14.5. The summed E-state index contributed by atoms with van der Waals surface area (Å²) in [7, 11) is 0. The number of fused-ring (bicyclic) bond motifs is 1. The minimum absolute atomic E-state index is 0.0502. The zero-order valence-corrected chi connectivity index (χ0v) is 23.1. The molecule has 0 spiro atoms. The fourth-order valence-electron chi connectivity index (χ4n) is 4.93. The maximum atomic E-state index is 13.4. The lowest BCUT2D eigenvalue weighted by molar-refractivity contribution is -0.274. The van der Waals surface area contributed by atoms with Crippen molar-refractivity contribution in [3.63, 3.8) is 0 Å². The van der Waals surface area contributed by atoms with Crippen LogP contribution in [0, 0.1) is 0 Å². The molecule has 1 atom stereocenters. The summed E-state index contributed by atoms with van der Waals surface area (Å²) in [6.07, 6.45) is -2.84. The second kappa shape index (κ2) is 12.4. The van der Waals surface area contributed by atoms with Gasteiger partial charge in [0, 0.05) is 42.8 Å². The van der Waals surface area contributed by atoms with Gasteiger partial charge in [-0.2, -0.15) is 0 Å². The molecule has 4 aromatic rings. The van der Waals surface area contributed by atoms with Gasteiger partial charge in [-0.05, 0) is 53.4 Å². The van der Waals surface area contributed by atoms with Gasteiger partial charge >= 0.3 is 6.36 Å². The van der Waals surface area contributed by atoms with Crippen molar-refractivity contribution in [1.29, 1.82) is 0 Å². The Morgan fingerprint density at radius 1 is 1.05 bits per heavy atom. The zero-order chi connectivity index (χ0) is 29.9. The minimum atomic E-state index is -5.02. The Morgan fingerprint density at radius 2 is 1.76 bits per heavy atom. The fraction of sp³-hybridized carbons (Fsp3) is 0.267. The Morgan fingerprint density at radius 3 is 2.48 bits per heavy atom. The SMILES string of the molecule is NCC(Cc1c[nH]c2ccccc12)NC(=O)c1cc(-c2ccc(C(=O)N3CCOCC3)c(Cl)c2)ccc1OC(F)(F)F. The van der Waals surface area contributed by atoms with Gasteiger partial charge in [0.25, 0.3) is 11.8 Å². The van der Waals surface area contributed by atoms with Gasteiger partial charge in [-0.25, -0.2) is 0 Å². The number of para-hydroxylation sites is 1. The Labute approximate surface area is 244 Å². The number of aromatic amines is 1. The van der Waals surface area contributed by atoms with E-state index in [2.05, 4.69) is 15.0 Å². The quantitative estimate of drug-likeness (QED) is 0.259. The van der Waals surface area contributed by atoms with E-state index in [1.165, 1.54) is 18.2 Å². The predicted octanol–water partition coefficient (Wildman–Crippen LogP) is 5.16. The number of morpholine rings is 1. The molecule has 1 fully saturated rings. The third-order valence-corrected chi connectivity index (χ3v) is 7.35. The zero-order valence-electron chi connectivity index (χ0n) is 22.3. The molecule has 4 N–H and O–H groups in total. The van der Waals surface area contributed by atoms with Gasteiger partial charge in [0.15, 0.2) is 0 Å². The Hall–Kier alpha value is -4.06. The summed E-state index contributed by atoms with van der Waals surface area (Å²) >= 11 is 6.46. The van der Waals surface area contributed by atoms with Crippen LogP contribution < -0.4 is 15.8 Å². The number of H-pyrrole nitrogens is 1. The third kappa shape index (κ3) is 6.70. The van der Waals surface area contributed by atoms with E-state index in [1.54, 1.807) is 17.0 Å². The van der Waals surface area contributed by atoms with Crippen molar-refractivity contribution in [2.75, 3.05) is 32.8 Å². The number of amides is 2. The van der Waals surface area contributed by atoms with Crippen molar-refractivity contribution in [2.45, 2.75) is 18.8 Å². The first-order valence-electron chi connectivity index (χ1n) is 13.3. The van der Waals surface area contributed by atoms with Crippen molar-refractivity contribution in [3.05, 3.63) is 88.6 Å². The highest BCUT2D eigenvalue weighted by Crippen LogP contribution is 2.33. The van der Waals surface area contributed by atoms with E-state index < -0.39 is 24.1 Å². The van der Waals surface area contributed by atoms with E-state index in [4.69, 9.17) is 22.1 Å². The van der Waals surface area contributed by atoms with Crippen LogP contribution in [0.5, 0.6) is 5.75 Å². The van der Waals surface area contributed by atoms with E-state index in [1.807, 2.05) is 30.5 Å². The van der Waals surface area contributed by atoms with Crippen LogP contribution in [-0.2, 0) is 11.2 Å². The molecule has 2 amide bonds. The molecule has 5 rings (SSSR count). The summed E-state index contributed by atoms with van der Waals surface area (Å²) in [5.41, 5.74) is 8.63. The molecule has 0 saturated carbocycles. The molecular formula is C30H28ClF3N4O4. The van der Waals surface area contributed by atoms with Crippen LogP contribution in [0.15, 0.2) is 66.9 Å². The lowest BCUT2D eigenvalue weighted by Crippen LogP contribution is -2.42. The number of rotatable bonds is 8. The molecule has 42 heavy (non-hydrogen) atoms. The van der Waals surface area contributed by atoms with Crippen LogP contribution in [0.25, 0.3) is 22.0 Å². The average Bonchev–Trinajstić information content (AvgIpc) is 3.39. The number of halogens is 4. The number of benzene rings is 3. The maximum absolute atomic E-state index is 13.4. The van der Waals surface area contributed by atoms with Gasteiger partial charge in [-0.1, -0.05) is 41.9 Å². The molecule has 1 aliphatic heterocycles. The lowest BCUT2D eigenvalue weighted by atomic mass is 9.99. The Kier molecular flexibility index (Phi) is 8.72. The second-order valence-corrected chi connectivity index (χ2v) is 10.2. The number of alkyl halides is 3. The highest BCUT2D eigenvalue weighted by Gasteiger charge is 2.33. The van der Waals surface area contributed by atoms with Crippen molar-refractivity contribution >= 4 is 34.3 Å². The Bertz CT molecular complexity index is 1600. The predicted molar refractivity (Wildman–Crippen MR) is 153 cm³/mol. The highest BCUT2D eigenvalue weighted by molar-refractivity contribution is 6.34. The molecule has 220 valence electrons. The van der Waals surface area contributed by atoms with Crippen molar-refractivity contribution in [1.82, 2.24) is 15.2 Å². The van der Waals surface area contributed by atoms with Crippen LogP contribution >= 0.6 is 11.6 Å². The van der Waals surface area contributed by atoms with Crippen LogP contribution in [-0.4, -0.2) is 67.0 Å². The van der Waals surface area contributed by atoms with Gasteiger partial charge in [-0.3, -0.25) is 9.59 Å². The Balaban J connectivity index is 1.41. The second-order valence-electron chi connectivity index (χ2n) is 9.83. The average molecular weight is 601 g/mol. The summed E-state index contributed by atoms with van der Waals surface area (Å²) < 4.78 is 49.1. The number of hydrogen-bond donors (Lipinski definition) is 3. The summed E-state index contributed by atoms with van der Waals surface area (Å²) in [6, 6.07) is 15.5. The number of aromatic nitrogens is 1. The fourth-order valence-corrected chi connectivity index (χ4v) is 5.19. The summed E-state index contributed by atoms with van der Waals surface area (Å²) in [5, 5.41) is 3.88. The van der Waals surface area contributed by atoms with Crippen LogP contribution in [0.1, 0.15) is 26.3 Å². The first kappa shape index (κ1) is 29.4. The van der Waals surface area contributed by atoms with Gasteiger partial charge in [0.1, 0.15) is 5.75 Å². The monoisotopic (exact) mass is 600 g/mol. The molecular weight excluding hydrogens is 573 g/mol. The molecule has 1 saturated heterocycles. The summed E-state index contributed by atoms with van der Waals surface area (Å²) in [6.45, 7) is 1.81. The maximum Gasteiger partial charge on any atom is 0.573 e. The number of ether oxygens (including phenoxy) is 2. The lowest BCUT2D eigenvalue weighted by Gasteiger charge is -2.27. The first-order chi connectivity index (χ1) is 20.1. The molecule has 3 aromatic carbocycles. The van der Waals surface area contributed by atoms with Gasteiger partial charge in [0.2, 0.25) is 0 Å². The molecule has 0 radical (unpaired) electrons. The van der Waals surface area contributed by atoms with E-state index in [-0.39, 0.29) is 23.0 Å². The van der Waals surface area contributed by atoms with Crippen molar-refractivity contribution < 1.29 is 32.2 Å². The van der Waals surface area contributed by atoms with E-state index in [9.17, 15) is 22.8 Å². The van der Waals surface area contributed by atoms with Crippen LogP contribution in [0.2, 0.25) is 5.02 Å². The molecule has 2 heterocycles. The minimum Gasteiger partial charge on any atom is -0.405 e. The number of carbonyl (C=O) groups excluding carboxylic acids is 2. The summed E-state index contributed by atoms with van der Waals surface area (Å²) in [5.74, 6) is -1.68. The number of nitrogens with two attached hydrogens (primary N) is 1. The van der Waals surface area contributed by atoms with Gasteiger partial charge in [-0.15, -0.1) is 13.2 Å². The van der Waals surface area contributed by atoms with Crippen molar-refractivity contribution in [3.8, 4) is 16.9 Å². The molecule has 1 aromatic heterocycles. The smallest absolute Gasteiger partial charge is 0.405 e. The van der Waals surface area contributed by atoms with Crippen LogP contribution in [0.4, 0.5) is 13.2 Å². The molecule has 8 nitrogen and oxygen atoms in total. The van der Waals surface area contributed by atoms with E-state index in [0.717, 1.165) is 22.5 Å². The number of hydrogen-bond acceptors (Lipinski definition) is 5. The van der Waals surface area contributed by atoms with Gasteiger partial charge in [0.05, 0.1) is 29.4 Å². The largest absolute Gasteiger partial charge is 0.573 e. The molecule has 1 aliphatic rings. The van der Waals surface area contributed by atoms with Crippen molar-refractivity contribution in [2.24, 2.45) is 5.73 Å². The molecule has 0 bridgehead atoms. The number of nitrogens with zero attached hydrogens (tertiary/aromatic N) is 1. The highest BCUT2D eigenvalue weighted by atomic mass is 35.5. The molecule has 12 heteroatoms. The topological polar surface area (TPSA) is 110 Å².